The quantitative estimate of drug-likeness (QED) is 0.805. The zero-order valence-corrected chi connectivity index (χ0v) is 15.5. The van der Waals surface area contributed by atoms with Crippen molar-refractivity contribution in [2.75, 3.05) is 0 Å². The molecule has 7 heteroatoms. The molecule has 0 saturated heterocycles. The zero-order chi connectivity index (χ0) is 19.6. The lowest BCUT2D eigenvalue weighted by molar-refractivity contribution is -0.142. The number of nitrogens with one attached hydrogen (secondary N) is 1. The van der Waals surface area contributed by atoms with Gasteiger partial charge in [0.2, 0.25) is 0 Å². The van der Waals surface area contributed by atoms with Crippen LogP contribution < -0.4 is 5.32 Å². The van der Waals surface area contributed by atoms with E-state index in [1.807, 2.05) is 19.9 Å². The Hall–Kier alpha value is -2.70. The first-order valence-electron chi connectivity index (χ1n) is 9.23. The fourth-order valence-electron chi connectivity index (χ4n) is 3.72. The second kappa shape index (κ2) is 7.90. The third kappa shape index (κ3) is 4.18. The van der Waals surface area contributed by atoms with E-state index in [2.05, 4.69) is 10.4 Å². The standard InChI is InChI=1S/C20H24FN3O3/c1-12-10-13(2)24(23-12)18-9-8-14(11-16(18)21)19(25)22-17-7-5-3-4-6-15(17)20(26)27/h8-11,15,17H,3-7H2,1-2H3,(H,22,25)(H,26,27)/t15-,17+/m1/s1. The van der Waals surface area contributed by atoms with Gasteiger partial charge in [-0.1, -0.05) is 19.3 Å². The Balaban J connectivity index is 1.79. The molecule has 0 radical (unpaired) electrons. The monoisotopic (exact) mass is 373 g/mol. The highest BCUT2D eigenvalue weighted by molar-refractivity contribution is 5.95. The first kappa shape index (κ1) is 19.1. The number of carbonyl (C=O) groups is 2. The van der Waals surface area contributed by atoms with Crippen molar-refractivity contribution in [1.29, 1.82) is 0 Å². The SMILES string of the molecule is Cc1cc(C)n(-c2ccc(C(=O)N[C@H]3CCCCC[C@H]3C(=O)O)cc2F)n1. The minimum Gasteiger partial charge on any atom is -0.481 e. The van der Waals surface area contributed by atoms with E-state index < -0.39 is 29.7 Å². The first-order valence-corrected chi connectivity index (χ1v) is 9.23. The predicted molar refractivity (Wildman–Crippen MR) is 98.5 cm³/mol. The van der Waals surface area contributed by atoms with Crippen molar-refractivity contribution in [2.45, 2.75) is 52.0 Å². The molecule has 1 aromatic heterocycles. The van der Waals surface area contributed by atoms with Gasteiger partial charge in [-0.3, -0.25) is 9.59 Å². The molecule has 0 unspecified atom stereocenters. The number of aromatic nitrogens is 2. The van der Waals surface area contributed by atoms with Gasteiger partial charge in [-0.2, -0.15) is 5.10 Å². The van der Waals surface area contributed by atoms with Gasteiger partial charge in [0.15, 0.2) is 0 Å². The summed E-state index contributed by atoms with van der Waals surface area (Å²) in [6.07, 6.45) is 3.85. The topological polar surface area (TPSA) is 84.2 Å². The Labute approximate surface area is 157 Å². The molecule has 3 rings (SSSR count). The molecule has 1 amide bonds. The molecular formula is C20H24FN3O3. The molecule has 0 aliphatic heterocycles. The molecule has 1 fully saturated rings. The van der Waals surface area contributed by atoms with Crippen LogP contribution in [0.15, 0.2) is 24.3 Å². The van der Waals surface area contributed by atoms with Gasteiger partial charge in [0.05, 0.1) is 11.6 Å². The predicted octanol–water partition coefficient (Wildman–Crippen LogP) is 3.39. The van der Waals surface area contributed by atoms with Crippen molar-refractivity contribution in [3.05, 3.63) is 47.0 Å². The van der Waals surface area contributed by atoms with E-state index in [9.17, 15) is 19.1 Å². The van der Waals surface area contributed by atoms with Crippen molar-refractivity contribution >= 4 is 11.9 Å². The third-order valence-corrected chi connectivity index (χ3v) is 5.10. The Morgan fingerprint density at radius 3 is 2.56 bits per heavy atom. The average Bonchev–Trinajstić information content (AvgIpc) is 2.81. The van der Waals surface area contributed by atoms with Crippen LogP contribution in [-0.4, -0.2) is 32.8 Å². The smallest absolute Gasteiger partial charge is 0.308 e. The number of nitrogens with zero attached hydrogens (tertiary/aromatic N) is 2. The summed E-state index contributed by atoms with van der Waals surface area (Å²) in [5.74, 6) is -2.50. The highest BCUT2D eigenvalue weighted by atomic mass is 19.1. The molecule has 2 atom stereocenters. The van der Waals surface area contributed by atoms with Crippen LogP contribution in [0.5, 0.6) is 0 Å². The van der Waals surface area contributed by atoms with Crippen molar-refractivity contribution < 1.29 is 19.1 Å². The zero-order valence-electron chi connectivity index (χ0n) is 15.5. The Morgan fingerprint density at radius 1 is 1.19 bits per heavy atom. The van der Waals surface area contributed by atoms with Crippen LogP contribution in [0, 0.1) is 25.6 Å². The maximum Gasteiger partial charge on any atom is 0.308 e. The molecule has 0 bridgehead atoms. The van der Waals surface area contributed by atoms with Gasteiger partial charge < -0.3 is 10.4 Å². The van der Waals surface area contributed by atoms with E-state index in [0.717, 1.165) is 30.7 Å². The summed E-state index contributed by atoms with van der Waals surface area (Å²) in [4.78, 5) is 24.1. The van der Waals surface area contributed by atoms with Crippen molar-refractivity contribution in [3.8, 4) is 5.69 Å². The second-order valence-corrected chi connectivity index (χ2v) is 7.17. The van der Waals surface area contributed by atoms with Crippen LogP contribution in [-0.2, 0) is 4.79 Å². The van der Waals surface area contributed by atoms with Crippen molar-refractivity contribution in [3.63, 3.8) is 0 Å². The maximum absolute atomic E-state index is 14.6. The van der Waals surface area contributed by atoms with Crippen LogP contribution in [0.2, 0.25) is 0 Å². The number of hydrogen-bond acceptors (Lipinski definition) is 3. The van der Waals surface area contributed by atoms with E-state index in [0.29, 0.717) is 12.8 Å². The highest BCUT2D eigenvalue weighted by Crippen LogP contribution is 2.24. The number of hydrogen-bond donors (Lipinski definition) is 2. The van der Waals surface area contributed by atoms with Gasteiger partial charge in [0.25, 0.3) is 5.91 Å². The van der Waals surface area contributed by atoms with E-state index in [1.165, 1.54) is 22.9 Å². The van der Waals surface area contributed by atoms with Gasteiger partial charge in [-0.25, -0.2) is 9.07 Å². The number of rotatable bonds is 4. The molecule has 2 aromatic rings. The molecule has 1 aliphatic carbocycles. The number of carbonyl (C=O) groups excluding carboxylic acids is 1. The fraction of sp³-hybridized carbons (Fsp3) is 0.450. The molecule has 144 valence electrons. The van der Waals surface area contributed by atoms with Gasteiger partial charge in [-0.05, 0) is 51.0 Å². The van der Waals surface area contributed by atoms with Crippen LogP contribution >= 0.6 is 0 Å². The normalized spacial score (nSPS) is 20.1. The second-order valence-electron chi connectivity index (χ2n) is 7.17. The van der Waals surface area contributed by atoms with E-state index >= 15 is 0 Å². The lowest BCUT2D eigenvalue weighted by Gasteiger charge is -2.23. The van der Waals surface area contributed by atoms with E-state index in [1.54, 1.807) is 0 Å². The van der Waals surface area contributed by atoms with Gasteiger partial charge in [-0.15, -0.1) is 0 Å². The van der Waals surface area contributed by atoms with Crippen LogP contribution in [0.25, 0.3) is 5.69 Å². The lowest BCUT2D eigenvalue weighted by atomic mass is 9.94. The molecule has 0 spiro atoms. The van der Waals surface area contributed by atoms with Crippen molar-refractivity contribution in [2.24, 2.45) is 5.92 Å². The molecule has 1 saturated carbocycles. The van der Waals surface area contributed by atoms with Crippen LogP contribution in [0.1, 0.15) is 53.8 Å². The summed E-state index contributed by atoms with van der Waals surface area (Å²) < 4.78 is 16.1. The molecule has 6 nitrogen and oxygen atoms in total. The lowest BCUT2D eigenvalue weighted by Crippen LogP contribution is -2.42. The van der Waals surface area contributed by atoms with Crippen LogP contribution in [0.4, 0.5) is 4.39 Å². The van der Waals surface area contributed by atoms with E-state index in [-0.39, 0.29) is 11.3 Å². The van der Waals surface area contributed by atoms with Crippen molar-refractivity contribution in [1.82, 2.24) is 15.1 Å². The Morgan fingerprint density at radius 2 is 1.93 bits per heavy atom. The number of amides is 1. The minimum atomic E-state index is -0.895. The summed E-state index contributed by atoms with van der Waals surface area (Å²) in [5, 5.41) is 16.5. The van der Waals surface area contributed by atoms with Crippen LogP contribution in [0.3, 0.4) is 0 Å². The number of aryl methyl sites for hydroxylation is 2. The number of carboxylic acids is 1. The molecule has 1 aliphatic rings. The maximum atomic E-state index is 14.6. The van der Waals surface area contributed by atoms with E-state index in [4.69, 9.17) is 0 Å². The Kier molecular flexibility index (Phi) is 5.58. The van der Waals surface area contributed by atoms with Gasteiger partial charge >= 0.3 is 5.97 Å². The fourth-order valence-corrected chi connectivity index (χ4v) is 3.72. The summed E-state index contributed by atoms with van der Waals surface area (Å²) >= 11 is 0. The first-order chi connectivity index (χ1) is 12.9. The number of aliphatic carboxylic acids is 1. The minimum absolute atomic E-state index is 0.172. The molecule has 2 N–H and O–H groups in total. The molecule has 27 heavy (non-hydrogen) atoms. The largest absolute Gasteiger partial charge is 0.481 e. The van der Waals surface area contributed by atoms with Gasteiger partial charge in [0.1, 0.15) is 11.5 Å². The summed E-state index contributed by atoms with van der Waals surface area (Å²) in [6, 6.07) is 5.64. The highest BCUT2D eigenvalue weighted by Gasteiger charge is 2.31. The summed E-state index contributed by atoms with van der Waals surface area (Å²) in [6.45, 7) is 3.66. The Bertz CT molecular complexity index is 862. The molecular weight excluding hydrogens is 349 g/mol. The summed E-state index contributed by atoms with van der Waals surface area (Å²) in [7, 11) is 0. The average molecular weight is 373 g/mol. The van der Waals surface area contributed by atoms with Gasteiger partial charge in [0, 0.05) is 17.3 Å². The summed E-state index contributed by atoms with van der Waals surface area (Å²) in [5.41, 5.74) is 2.02. The number of benzene rings is 1. The molecule has 1 heterocycles. The number of carboxylic acid groups (broad SMARTS) is 1. The third-order valence-electron chi connectivity index (χ3n) is 5.10. The molecule has 1 aromatic carbocycles. The number of halogens is 1.